The number of furan rings is 1. The van der Waals surface area contributed by atoms with E-state index in [0.717, 1.165) is 0 Å². The Morgan fingerprint density at radius 2 is 1.92 bits per heavy atom. The molecule has 8 heteroatoms. The van der Waals surface area contributed by atoms with Gasteiger partial charge in [0.25, 0.3) is 0 Å². The van der Waals surface area contributed by atoms with Crippen molar-refractivity contribution in [1.29, 1.82) is 0 Å². The topological polar surface area (TPSA) is 60.7 Å². The first-order chi connectivity index (χ1) is 12.0. The highest BCUT2D eigenvalue weighted by Crippen LogP contribution is 2.35. The summed E-state index contributed by atoms with van der Waals surface area (Å²) in [6.45, 7) is -2.90. The molecule has 0 aliphatic carbocycles. The van der Waals surface area contributed by atoms with E-state index in [1.807, 2.05) is 0 Å². The summed E-state index contributed by atoms with van der Waals surface area (Å²) < 4.78 is 39.0. The van der Waals surface area contributed by atoms with Crippen LogP contribution in [0.15, 0.2) is 46.9 Å². The van der Waals surface area contributed by atoms with Crippen molar-refractivity contribution in [3.8, 4) is 5.75 Å². The number of nitrogens with one attached hydrogen (secondary N) is 1. The number of alkyl halides is 2. The standard InChI is InChI=1S/C17H12ClF2NO4/c1-23-16(22)15-14(12-8-9(18)2-7-13(12)25-15)21-10-3-5-11(6-4-10)24-17(19)20/h2-8,17,21H,1H3. The highest BCUT2D eigenvalue weighted by molar-refractivity contribution is 6.31. The third-order valence-electron chi connectivity index (χ3n) is 3.37. The summed E-state index contributed by atoms with van der Waals surface area (Å²) in [5.41, 5.74) is 1.35. The lowest BCUT2D eigenvalue weighted by molar-refractivity contribution is -0.0498. The van der Waals surface area contributed by atoms with Gasteiger partial charge in [-0.3, -0.25) is 0 Å². The van der Waals surface area contributed by atoms with Crippen LogP contribution in [0.1, 0.15) is 10.6 Å². The van der Waals surface area contributed by atoms with Crippen molar-refractivity contribution in [3.63, 3.8) is 0 Å². The average molecular weight is 368 g/mol. The van der Waals surface area contributed by atoms with Crippen LogP contribution in [0, 0.1) is 0 Å². The van der Waals surface area contributed by atoms with Gasteiger partial charge in [0.1, 0.15) is 17.0 Å². The van der Waals surface area contributed by atoms with E-state index < -0.39 is 12.6 Å². The second-order valence-corrected chi connectivity index (χ2v) is 5.40. The molecule has 1 heterocycles. The predicted molar refractivity (Wildman–Crippen MR) is 88.9 cm³/mol. The van der Waals surface area contributed by atoms with E-state index in [4.69, 9.17) is 20.8 Å². The fraction of sp³-hybridized carbons (Fsp3) is 0.118. The minimum absolute atomic E-state index is 0.0207. The summed E-state index contributed by atoms with van der Waals surface area (Å²) in [7, 11) is 1.24. The van der Waals surface area contributed by atoms with E-state index in [1.165, 1.54) is 31.4 Å². The molecule has 1 N–H and O–H groups in total. The largest absolute Gasteiger partial charge is 0.463 e. The number of benzene rings is 2. The minimum Gasteiger partial charge on any atom is -0.463 e. The monoisotopic (exact) mass is 367 g/mol. The summed E-state index contributed by atoms with van der Waals surface area (Å²) in [5.74, 6) is -0.658. The maximum absolute atomic E-state index is 12.2. The van der Waals surface area contributed by atoms with Crippen molar-refractivity contribution in [1.82, 2.24) is 0 Å². The van der Waals surface area contributed by atoms with Gasteiger partial charge >= 0.3 is 12.6 Å². The number of anilines is 2. The zero-order chi connectivity index (χ0) is 18.0. The van der Waals surface area contributed by atoms with Crippen molar-refractivity contribution < 1.29 is 27.5 Å². The molecule has 0 amide bonds. The highest BCUT2D eigenvalue weighted by Gasteiger charge is 2.22. The number of carbonyl (C=O) groups excluding carboxylic acids is 1. The number of esters is 1. The summed E-state index contributed by atoms with van der Waals surface area (Å²) >= 11 is 6.01. The molecule has 0 aliphatic rings. The van der Waals surface area contributed by atoms with Crippen molar-refractivity contribution in [2.75, 3.05) is 12.4 Å². The lowest BCUT2D eigenvalue weighted by Gasteiger charge is -2.08. The Morgan fingerprint density at radius 1 is 1.20 bits per heavy atom. The quantitative estimate of drug-likeness (QED) is 0.626. The molecule has 2 aromatic carbocycles. The van der Waals surface area contributed by atoms with Crippen LogP contribution in [0.25, 0.3) is 11.0 Å². The van der Waals surface area contributed by atoms with Crippen molar-refractivity contribution in [2.24, 2.45) is 0 Å². The number of rotatable bonds is 5. The molecule has 0 saturated heterocycles. The first-order valence-corrected chi connectivity index (χ1v) is 7.48. The molecule has 130 valence electrons. The minimum atomic E-state index is -2.90. The van der Waals surface area contributed by atoms with Crippen LogP contribution < -0.4 is 10.1 Å². The molecule has 0 fully saturated rings. The molecule has 0 bridgehead atoms. The molecular weight excluding hydrogens is 356 g/mol. The van der Waals surface area contributed by atoms with Crippen molar-refractivity contribution in [3.05, 3.63) is 53.2 Å². The van der Waals surface area contributed by atoms with Gasteiger partial charge in [0, 0.05) is 16.1 Å². The lowest BCUT2D eigenvalue weighted by Crippen LogP contribution is -2.04. The summed E-state index contributed by atoms with van der Waals surface area (Å²) in [5, 5.41) is 4.07. The van der Waals surface area contributed by atoms with E-state index in [2.05, 4.69) is 10.1 Å². The zero-order valence-corrected chi connectivity index (χ0v) is 13.6. The molecule has 0 aliphatic heterocycles. The van der Waals surface area contributed by atoms with Crippen LogP contribution in [0.2, 0.25) is 5.02 Å². The SMILES string of the molecule is COC(=O)c1oc2ccc(Cl)cc2c1Nc1ccc(OC(F)F)cc1. The van der Waals surface area contributed by atoms with Gasteiger partial charge in [-0.1, -0.05) is 11.6 Å². The normalized spacial score (nSPS) is 10.9. The number of fused-ring (bicyclic) bond motifs is 1. The van der Waals surface area contributed by atoms with E-state index in [1.54, 1.807) is 18.2 Å². The maximum Gasteiger partial charge on any atom is 0.387 e. The number of halogens is 3. The Kier molecular flexibility index (Phi) is 4.76. The molecule has 0 radical (unpaired) electrons. The van der Waals surface area contributed by atoms with Crippen LogP contribution in [-0.4, -0.2) is 19.7 Å². The van der Waals surface area contributed by atoms with Gasteiger partial charge < -0.3 is 19.2 Å². The van der Waals surface area contributed by atoms with Crippen LogP contribution in [0.5, 0.6) is 5.75 Å². The fourth-order valence-corrected chi connectivity index (χ4v) is 2.47. The second kappa shape index (κ2) is 6.98. The molecule has 5 nitrogen and oxygen atoms in total. The maximum atomic E-state index is 12.2. The molecule has 0 atom stereocenters. The Balaban J connectivity index is 1.99. The van der Waals surface area contributed by atoms with Gasteiger partial charge in [-0.2, -0.15) is 8.78 Å². The molecule has 3 aromatic rings. The summed E-state index contributed by atoms with van der Waals surface area (Å²) in [6, 6.07) is 10.7. The Hall–Kier alpha value is -2.80. The molecule has 25 heavy (non-hydrogen) atoms. The molecule has 0 saturated carbocycles. The molecule has 3 rings (SSSR count). The first-order valence-electron chi connectivity index (χ1n) is 7.10. The van der Waals surface area contributed by atoms with Gasteiger partial charge in [0.05, 0.1) is 7.11 Å². The molecule has 0 unspecified atom stereocenters. The number of hydrogen-bond acceptors (Lipinski definition) is 5. The molecule has 0 spiro atoms. The van der Waals surface area contributed by atoms with Crippen molar-refractivity contribution in [2.45, 2.75) is 6.61 Å². The van der Waals surface area contributed by atoms with Gasteiger partial charge in [0.15, 0.2) is 0 Å². The van der Waals surface area contributed by atoms with E-state index in [-0.39, 0.29) is 11.5 Å². The lowest BCUT2D eigenvalue weighted by atomic mass is 10.2. The van der Waals surface area contributed by atoms with E-state index >= 15 is 0 Å². The van der Waals surface area contributed by atoms with E-state index in [0.29, 0.717) is 27.4 Å². The Bertz CT molecular complexity index is 909. The second-order valence-electron chi connectivity index (χ2n) is 4.97. The first kappa shape index (κ1) is 17.0. The number of methoxy groups -OCH3 is 1. The third-order valence-corrected chi connectivity index (χ3v) is 3.60. The van der Waals surface area contributed by atoms with Gasteiger partial charge in [-0.05, 0) is 42.5 Å². The molecule has 1 aromatic heterocycles. The number of carbonyl (C=O) groups is 1. The Labute approximate surface area is 146 Å². The van der Waals surface area contributed by atoms with Crippen LogP contribution in [-0.2, 0) is 4.74 Å². The van der Waals surface area contributed by atoms with Gasteiger partial charge in [-0.25, -0.2) is 4.79 Å². The zero-order valence-electron chi connectivity index (χ0n) is 12.9. The fourth-order valence-electron chi connectivity index (χ4n) is 2.29. The van der Waals surface area contributed by atoms with Crippen molar-refractivity contribution >= 4 is 39.9 Å². The Morgan fingerprint density at radius 3 is 2.56 bits per heavy atom. The predicted octanol–water partition coefficient (Wildman–Crippen LogP) is 5.22. The van der Waals surface area contributed by atoms with E-state index in [9.17, 15) is 13.6 Å². The molecular formula is C17H12ClF2NO4. The summed E-state index contributed by atoms with van der Waals surface area (Å²) in [6.07, 6.45) is 0. The smallest absolute Gasteiger partial charge is 0.387 e. The third kappa shape index (κ3) is 3.66. The average Bonchev–Trinajstić information content (AvgIpc) is 2.93. The van der Waals surface area contributed by atoms with Gasteiger partial charge in [0.2, 0.25) is 5.76 Å². The number of ether oxygens (including phenoxy) is 2. The van der Waals surface area contributed by atoms with Crippen LogP contribution in [0.3, 0.4) is 0 Å². The summed E-state index contributed by atoms with van der Waals surface area (Å²) in [4.78, 5) is 12.0. The van der Waals surface area contributed by atoms with Crippen LogP contribution >= 0.6 is 11.6 Å². The van der Waals surface area contributed by atoms with Gasteiger partial charge in [-0.15, -0.1) is 0 Å². The van der Waals surface area contributed by atoms with Crippen LogP contribution in [0.4, 0.5) is 20.2 Å². The highest BCUT2D eigenvalue weighted by atomic mass is 35.5. The number of hydrogen-bond donors (Lipinski definition) is 1.